The lowest BCUT2D eigenvalue weighted by molar-refractivity contribution is 0.0601. The minimum atomic E-state index is -0.389. The Hall–Kier alpha value is -2.95. The third-order valence-electron chi connectivity index (χ3n) is 3.86. The first-order valence-electron chi connectivity index (χ1n) is 8.34. The van der Waals surface area contributed by atoms with E-state index in [0.717, 1.165) is 27.8 Å². The van der Waals surface area contributed by atoms with Gasteiger partial charge in [0.1, 0.15) is 5.82 Å². The van der Waals surface area contributed by atoms with Crippen molar-refractivity contribution in [2.75, 3.05) is 12.4 Å². The molecule has 3 aromatic rings. The first-order valence-corrected chi connectivity index (χ1v) is 8.34. The second-order valence-corrected chi connectivity index (χ2v) is 7.17. The van der Waals surface area contributed by atoms with Crippen LogP contribution < -0.4 is 5.32 Å². The maximum atomic E-state index is 13.3. The molecule has 0 aliphatic heterocycles. The third kappa shape index (κ3) is 3.82. The molecule has 1 heterocycles. The molecule has 1 aromatic heterocycles. The van der Waals surface area contributed by atoms with Gasteiger partial charge in [0.25, 0.3) is 0 Å². The molecule has 134 valence electrons. The van der Waals surface area contributed by atoms with Crippen LogP contribution in [0.25, 0.3) is 22.2 Å². The molecule has 0 amide bonds. The number of aromatic nitrogens is 1. The lowest BCUT2D eigenvalue weighted by atomic mass is 10.0. The van der Waals surface area contributed by atoms with Crippen LogP contribution >= 0.6 is 0 Å². The number of anilines is 1. The highest BCUT2D eigenvalue weighted by molar-refractivity contribution is 5.96. The normalized spacial score (nSPS) is 11.4. The Morgan fingerprint density at radius 2 is 1.77 bits per heavy atom. The van der Waals surface area contributed by atoms with Gasteiger partial charge in [0.15, 0.2) is 0 Å². The van der Waals surface area contributed by atoms with E-state index >= 15 is 0 Å². The predicted molar refractivity (Wildman–Crippen MR) is 102 cm³/mol. The van der Waals surface area contributed by atoms with Gasteiger partial charge in [0, 0.05) is 16.5 Å². The number of nitrogens with one attached hydrogen (secondary N) is 1. The highest BCUT2D eigenvalue weighted by Crippen LogP contribution is 2.32. The van der Waals surface area contributed by atoms with Crippen LogP contribution in [-0.2, 0) is 4.74 Å². The monoisotopic (exact) mass is 352 g/mol. The summed E-state index contributed by atoms with van der Waals surface area (Å²) in [5.41, 5.74) is 3.40. The fraction of sp³-hybridized carbons (Fsp3) is 0.238. The molecule has 0 fully saturated rings. The lowest BCUT2D eigenvalue weighted by Gasteiger charge is -2.24. The number of halogens is 1. The summed E-state index contributed by atoms with van der Waals surface area (Å²) >= 11 is 0. The Kier molecular flexibility index (Phi) is 4.64. The average Bonchev–Trinajstić information content (AvgIpc) is 2.59. The number of fused-ring (bicyclic) bond motifs is 1. The minimum absolute atomic E-state index is 0.190. The van der Waals surface area contributed by atoms with Crippen LogP contribution in [0.1, 0.15) is 31.1 Å². The van der Waals surface area contributed by atoms with E-state index in [1.54, 1.807) is 30.3 Å². The zero-order valence-corrected chi connectivity index (χ0v) is 15.3. The van der Waals surface area contributed by atoms with Gasteiger partial charge in [-0.2, -0.15) is 0 Å². The van der Waals surface area contributed by atoms with Crippen molar-refractivity contribution >= 4 is 22.6 Å². The molecule has 1 N–H and O–H groups in total. The fourth-order valence-electron chi connectivity index (χ4n) is 2.75. The van der Waals surface area contributed by atoms with Crippen molar-refractivity contribution in [3.63, 3.8) is 0 Å². The van der Waals surface area contributed by atoms with Gasteiger partial charge in [-0.05, 0) is 69.3 Å². The van der Waals surface area contributed by atoms with Gasteiger partial charge < -0.3 is 10.1 Å². The minimum Gasteiger partial charge on any atom is -0.465 e. The van der Waals surface area contributed by atoms with Crippen molar-refractivity contribution in [2.24, 2.45) is 0 Å². The van der Waals surface area contributed by atoms with E-state index in [1.165, 1.54) is 19.2 Å². The molecule has 0 saturated heterocycles. The van der Waals surface area contributed by atoms with E-state index in [2.05, 4.69) is 26.1 Å². The van der Waals surface area contributed by atoms with Crippen LogP contribution in [0.4, 0.5) is 10.1 Å². The molecule has 5 heteroatoms. The topological polar surface area (TPSA) is 51.2 Å². The van der Waals surface area contributed by atoms with Gasteiger partial charge in [-0.15, -0.1) is 0 Å². The van der Waals surface area contributed by atoms with Crippen LogP contribution in [0.5, 0.6) is 0 Å². The summed E-state index contributed by atoms with van der Waals surface area (Å²) in [7, 11) is 1.36. The van der Waals surface area contributed by atoms with E-state index < -0.39 is 0 Å². The van der Waals surface area contributed by atoms with E-state index in [9.17, 15) is 9.18 Å². The van der Waals surface area contributed by atoms with E-state index in [-0.39, 0.29) is 17.3 Å². The molecule has 0 aliphatic carbocycles. The van der Waals surface area contributed by atoms with Crippen LogP contribution in [0, 0.1) is 5.82 Å². The summed E-state index contributed by atoms with van der Waals surface area (Å²) in [6.45, 7) is 6.16. The average molecular weight is 352 g/mol. The molecule has 0 saturated carbocycles. The van der Waals surface area contributed by atoms with E-state index in [4.69, 9.17) is 9.72 Å². The molecule has 0 unspecified atom stereocenters. The molecule has 0 spiro atoms. The second-order valence-electron chi connectivity index (χ2n) is 7.17. The number of hydrogen-bond donors (Lipinski definition) is 1. The van der Waals surface area contributed by atoms with Crippen molar-refractivity contribution in [1.82, 2.24) is 4.98 Å². The maximum Gasteiger partial charge on any atom is 0.337 e. The molecule has 4 nitrogen and oxygen atoms in total. The van der Waals surface area contributed by atoms with Crippen molar-refractivity contribution in [3.8, 4) is 11.3 Å². The number of methoxy groups -OCH3 is 1. The van der Waals surface area contributed by atoms with Crippen molar-refractivity contribution in [3.05, 3.63) is 59.9 Å². The zero-order chi connectivity index (χ0) is 18.9. The maximum absolute atomic E-state index is 13.3. The van der Waals surface area contributed by atoms with Gasteiger partial charge in [0.2, 0.25) is 0 Å². The molecule has 0 radical (unpaired) electrons. The standard InChI is InChI=1S/C21H21FN2O2/c1-21(2,3)24-18-12-15-11-14(20(25)26-4)7-10-17(15)23-19(18)13-5-8-16(22)9-6-13/h5-12,24H,1-4H3. The Morgan fingerprint density at radius 3 is 2.38 bits per heavy atom. The van der Waals surface area contributed by atoms with E-state index in [0.29, 0.717) is 5.56 Å². The van der Waals surface area contributed by atoms with Gasteiger partial charge in [-0.25, -0.2) is 14.2 Å². The van der Waals surface area contributed by atoms with Crippen LogP contribution in [0.2, 0.25) is 0 Å². The van der Waals surface area contributed by atoms with Gasteiger partial charge in [-0.3, -0.25) is 0 Å². The predicted octanol–water partition coefficient (Wildman–Crippen LogP) is 5.04. The largest absolute Gasteiger partial charge is 0.465 e. The molecule has 0 bridgehead atoms. The van der Waals surface area contributed by atoms with Crippen molar-refractivity contribution in [1.29, 1.82) is 0 Å². The van der Waals surface area contributed by atoms with E-state index in [1.807, 2.05) is 6.07 Å². The number of nitrogens with zero attached hydrogens (tertiary/aromatic N) is 1. The fourth-order valence-corrected chi connectivity index (χ4v) is 2.75. The summed E-state index contributed by atoms with van der Waals surface area (Å²) in [4.78, 5) is 16.5. The highest BCUT2D eigenvalue weighted by atomic mass is 19.1. The molecule has 2 aromatic carbocycles. The number of esters is 1. The molecule has 0 aliphatic rings. The number of carbonyl (C=O) groups is 1. The number of pyridine rings is 1. The van der Waals surface area contributed by atoms with Crippen LogP contribution in [0.15, 0.2) is 48.5 Å². The van der Waals surface area contributed by atoms with Gasteiger partial charge in [0.05, 0.1) is 29.6 Å². The molecule has 0 atom stereocenters. The quantitative estimate of drug-likeness (QED) is 0.671. The first kappa shape index (κ1) is 17.9. The molecular weight excluding hydrogens is 331 g/mol. The smallest absolute Gasteiger partial charge is 0.337 e. The third-order valence-corrected chi connectivity index (χ3v) is 3.86. The molecule has 3 rings (SSSR count). The second kappa shape index (κ2) is 6.75. The first-order chi connectivity index (χ1) is 12.3. The zero-order valence-electron chi connectivity index (χ0n) is 15.3. The number of carbonyl (C=O) groups excluding carboxylic acids is 1. The van der Waals surface area contributed by atoms with Crippen LogP contribution in [-0.4, -0.2) is 23.6 Å². The van der Waals surface area contributed by atoms with Crippen LogP contribution in [0.3, 0.4) is 0 Å². The highest BCUT2D eigenvalue weighted by Gasteiger charge is 2.16. The Morgan fingerprint density at radius 1 is 1.08 bits per heavy atom. The lowest BCUT2D eigenvalue weighted by Crippen LogP contribution is -2.26. The Balaban J connectivity index is 2.19. The van der Waals surface area contributed by atoms with Crippen molar-refractivity contribution in [2.45, 2.75) is 26.3 Å². The van der Waals surface area contributed by atoms with Gasteiger partial charge >= 0.3 is 5.97 Å². The van der Waals surface area contributed by atoms with Crippen molar-refractivity contribution < 1.29 is 13.9 Å². The molecular formula is C21H21FN2O2. The summed E-state index contributed by atoms with van der Waals surface area (Å²) in [6.07, 6.45) is 0. The summed E-state index contributed by atoms with van der Waals surface area (Å²) in [5.74, 6) is -0.678. The number of rotatable bonds is 3. The number of ether oxygens (including phenoxy) is 1. The Labute approximate surface area is 152 Å². The van der Waals surface area contributed by atoms with Gasteiger partial charge in [-0.1, -0.05) is 0 Å². The summed E-state index contributed by atoms with van der Waals surface area (Å²) < 4.78 is 18.1. The number of hydrogen-bond acceptors (Lipinski definition) is 4. The Bertz CT molecular complexity index is 960. The number of benzene rings is 2. The summed E-state index contributed by atoms with van der Waals surface area (Å²) in [5, 5.41) is 4.27. The SMILES string of the molecule is COC(=O)c1ccc2nc(-c3ccc(F)cc3)c(NC(C)(C)C)cc2c1. The summed E-state index contributed by atoms with van der Waals surface area (Å²) in [6, 6.07) is 13.4. The molecule has 26 heavy (non-hydrogen) atoms.